The summed E-state index contributed by atoms with van der Waals surface area (Å²) in [4.78, 5) is 43.5. The number of carbonyl (C=O) groups is 3. The number of likely N-dealkylation sites (N-methyl/N-ethyl adjacent to an activating group) is 1. The van der Waals surface area contributed by atoms with Gasteiger partial charge in [-0.05, 0) is 79.5 Å². The zero-order valence-corrected chi connectivity index (χ0v) is 21.7. The molecule has 0 saturated carbocycles. The molecule has 0 spiro atoms. The highest BCUT2D eigenvalue weighted by atomic mass is 16.5. The van der Waals surface area contributed by atoms with Crippen molar-refractivity contribution in [3.05, 3.63) is 94.5 Å². The molecule has 0 bridgehead atoms. The number of rotatable bonds is 10. The van der Waals surface area contributed by atoms with Gasteiger partial charge in [-0.25, -0.2) is 4.79 Å². The summed E-state index contributed by atoms with van der Waals surface area (Å²) in [5.41, 5.74) is 5.61. The maximum atomic E-state index is 13.3. The average Bonchev–Trinajstić information content (AvgIpc) is 3.24. The number of anilines is 1. The molecule has 38 heavy (non-hydrogen) atoms. The Balaban J connectivity index is 1.76. The summed E-state index contributed by atoms with van der Waals surface area (Å²) in [5.74, 6) is -2.32. The van der Waals surface area contributed by atoms with Crippen LogP contribution in [0, 0.1) is 0 Å². The van der Waals surface area contributed by atoms with Crippen molar-refractivity contribution in [3.63, 3.8) is 0 Å². The molecule has 3 aromatic rings. The van der Waals surface area contributed by atoms with E-state index in [1.807, 2.05) is 62.6 Å². The van der Waals surface area contributed by atoms with Crippen LogP contribution >= 0.6 is 0 Å². The van der Waals surface area contributed by atoms with Gasteiger partial charge >= 0.3 is 11.9 Å². The summed E-state index contributed by atoms with van der Waals surface area (Å²) < 4.78 is 4.82. The van der Waals surface area contributed by atoms with Crippen molar-refractivity contribution in [2.24, 2.45) is 4.99 Å². The zero-order chi connectivity index (χ0) is 27.2. The van der Waals surface area contributed by atoms with E-state index in [0.717, 1.165) is 24.1 Å². The molecule has 4 rings (SSSR count). The number of methoxy groups -OCH3 is 1. The number of aliphatic carboxylic acids is 1. The fourth-order valence-corrected chi connectivity index (χ4v) is 4.44. The summed E-state index contributed by atoms with van der Waals surface area (Å²) >= 11 is 0. The lowest BCUT2D eigenvalue weighted by atomic mass is 9.89. The Morgan fingerprint density at radius 2 is 1.74 bits per heavy atom. The van der Waals surface area contributed by atoms with Crippen molar-refractivity contribution in [1.29, 1.82) is 0 Å². The number of nitrogens with zero attached hydrogens (tertiary/aromatic N) is 2. The Hall–Kier alpha value is -4.30. The van der Waals surface area contributed by atoms with Gasteiger partial charge in [-0.3, -0.25) is 14.6 Å². The molecule has 0 aromatic heterocycles. The third-order valence-corrected chi connectivity index (χ3v) is 6.46. The minimum absolute atomic E-state index is 0.00733. The van der Waals surface area contributed by atoms with Crippen molar-refractivity contribution in [2.75, 3.05) is 33.1 Å². The van der Waals surface area contributed by atoms with E-state index in [4.69, 9.17) is 14.8 Å². The summed E-state index contributed by atoms with van der Waals surface area (Å²) in [6.45, 7) is 0.934. The van der Waals surface area contributed by atoms with Crippen LogP contribution < -0.4 is 5.32 Å². The van der Waals surface area contributed by atoms with Crippen LogP contribution in [-0.2, 0) is 27.2 Å². The molecule has 0 radical (unpaired) electrons. The molecule has 1 aliphatic rings. The van der Waals surface area contributed by atoms with E-state index < -0.39 is 17.9 Å². The number of esters is 1. The van der Waals surface area contributed by atoms with Gasteiger partial charge in [-0.2, -0.15) is 0 Å². The van der Waals surface area contributed by atoms with Gasteiger partial charge in [0.05, 0.1) is 24.1 Å². The second kappa shape index (κ2) is 11.8. The average molecular weight is 514 g/mol. The highest BCUT2D eigenvalue weighted by Gasteiger charge is 2.36. The molecular formula is C30H31N3O5. The third kappa shape index (κ3) is 6.33. The molecule has 1 aliphatic heterocycles. The van der Waals surface area contributed by atoms with E-state index in [0.29, 0.717) is 34.6 Å². The number of aliphatic imine (C=N–C) groups is 1. The fraction of sp³-hybridized carbons (Fsp3) is 0.267. The van der Waals surface area contributed by atoms with Crippen LogP contribution in [0.1, 0.15) is 45.0 Å². The largest absolute Gasteiger partial charge is 0.481 e. The Bertz CT molecular complexity index is 1380. The number of aryl methyl sites for hydroxylation is 1. The number of hydrogen-bond donors (Lipinski definition) is 2. The predicted molar refractivity (Wildman–Crippen MR) is 146 cm³/mol. The standard InChI is InChI=1S/C30H31N3O5/c1-33(2)16-15-19-7-11-23(12-8-19)31-28(21-6-4-5-20(17-21)9-14-26(34)35)27-24-13-10-22(30(37)38-3)18-25(24)32-29(27)36/h4-8,10-13,17-18,27H,9,14-16H2,1-3H3,(H,32,36)(H,34,35). The van der Waals surface area contributed by atoms with Crippen LogP contribution in [0.5, 0.6) is 0 Å². The lowest BCUT2D eigenvalue weighted by Crippen LogP contribution is -2.22. The second-order valence-corrected chi connectivity index (χ2v) is 9.53. The molecule has 1 heterocycles. The van der Waals surface area contributed by atoms with Gasteiger partial charge in [0.15, 0.2) is 0 Å². The number of carboxylic acids is 1. The summed E-state index contributed by atoms with van der Waals surface area (Å²) in [7, 11) is 5.38. The number of carbonyl (C=O) groups excluding carboxylic acids is 2. The molecule has 1 unspecified atom stereocenters. The predicted octanol–water partition coefficient (Wildman–Crippen LogP) is 4.45. The first-order valence-electron chi connectivity index (χ1n) is 12.4. The summed E-state index contributed by atoms with van der Waals surface area (Å²) in [5, 5.41) is 12.0. The Morgan fingerprint density at radius 3 is 2.42 bits per heavy atom. The number of benzene rings is 3. The molecule has 196 valence electrons. The summed E-state index contributed by atoms with van der Waals surface area (Å²) in [6.07, 6.45) is 1.29. The lowest BCUT2D eigenvalue weighted by molar-refractivity contribution is -0.137. The first-order chi connectivity index (χ1) is 18.2. The second-order valence-electron chi connectivity index (χ2n) is 9.53. The SMILES string of the molecule is COC(=O)c1ccc2c(c1)NC(=O)C2C(=Nc1ccc(CCN(C)C)cc1)c1cccc(CCC(=O)O)c1. The van der Waals surface area contributed by atoms with Crippen LogP contribution in [0.3, 0.4) is 0 Å². The molecule has 0 saturated heterocycles. The van der Waals surface area contributed by atoms with Crippen LogP contribution in [0.2, 0.25) is 0 Å². The Kier molecular flexibility index (Phi) is 8.33. The van der Waals surface area contributed by atoms with Crippen molar-refractivity contribution in [3.8, 4) is 0 Å². The number of fused-ring (bicyclic) bond motifs is 1. The minimum atomic E-state index is -0.871. The Morgan fingerprint density at radius 1 is 0.974 bits per heavy atom. The molecule has 0 aliphatic carbocycles. The van der Waals surface area contributed by atoms with E-state index in [1.165, 1.54) is 12.7 Å². The maximum absolute atomic E-state index is 13.3. The van der Waals surface area contributed by atoms with E-state index >= 15 is 0 Å². The van der Waals surface area contributed by atoms with Gasteiger partial charge in [0.1, 0.15) is 5.92 Å². The topological polar surface area (TPSA) is 108 Å². The maximum Gasteiger partial charge on any atom is 0.337 e. The molecule has 1 atom stereocenters. The van der Waals surface area contributed by atoms with E-state index in [1.54, 1.807) is 18.2 Å². The zero-order valence-electron chi connectivity index (χ0n) is 21.7. The molecule has 8 heteroatoms. The van der Waals surface area contributed by atoms with Crippen molar-refractivity contribution in [1.82, 2.24) is 4.90 Å². The number of nitrogens with one attached hydrogen (secondary N) is 1. The highest BCUT2D eigenvalue weighted by molar-refractivity contribution is 6.24. The smallest absolute Gasteiger partial charge is 0.337 e. The molecular weight excluding hydrogens is 482 g/mol. The number of hydrogen-bond acceptors (Lipinski definition) is 6. The number of ether oxygens (including phenoxy) is 1. The van der Waals surface area contributed by atoms with E-state index in [2.05, 4.69) is 10.2 Å². The van der Waals surface area contributed by atoms with E-state index in [9.17, 15) is 14.4 Å². The van der Waals surface area contributed by atoms with Gasteiger partial charge < -0.3 is 20.1 Å². The highest BCUT2D eigenvalue weighted by Crippen LogP contribution is 2.37. The van der Waals surface area contributed by atoms with Gasteiger partial charge in [-0.1, -0.05) is 36.4 Å². The van der Waals surface area contributed by atoms with Gasteiger partial charge in [0.25, 0.3) is 0 Å². The normalized spacial score (nSPS) is 14.8. The van der Waals surface area contributed by atoms with Crippen LogP contribution in [-0.4, -0.2) is 61.3 Å². The molecule has 1 amide bonds. The minimum Gasteiger partial charge on any atom is -0.481 e. The summed E-state index contributed by atoms with van der Waals surface area (Å²) in [6, 6.07) is 20.4. The molecule has 8 nitrogen and oxygen atoms in total. The van der Waals surface area contributed by atoms with Gasteiger partial charge in [-0.15, -0.1) is 0 Å². The first-order valence-corrected chi connectivity index (χ1v) is 12.4. The fourth-order valence-electron chi connectivity index (χ4n) is 4.44. The van der Waals surface area contributed by atoms with Gasteiger partial charge in [0.2, 0.25) is 5.91 Å². The van der Waals surface area contributed by atoms with Crippen molar-refractivity contribution in [2.45, 2.75) is 25.2 Å². The van der Waals surface area contributed by atoms with Crippen LogP contribution in [0.15, 0.2) is 71.7 Å². The quantitative estimate of drug-likeness (QED) is 0.306. The lowest BCUT2D eigenvalue weighted by Gasteiger charge is -2.15. The van der Waals surface area contributed by atoms with Crippen molar-refractivity contribution < 1.29 is 24.2 Å². The van der Waals surface area contributed by atoms with Gasteiger partial charge in [0, 0.05) is 18.7 Å². The van der Waals surface area contributed by atoms with Crippen LogP contribution in [0.4, 0.5) is 11.4 Å². The number of carboxylic acid groups (broad SMARTS) is 1. The monoisotopic (exact) mass is 513 g/mol. The number of amides is 1. The Labute approximate surface area is 222 Å². The first kappa shape index (κ1) is 26.8. The van der Waals surface area contributed by atoms with E-state index in [-0.39, 0.29) is 12.3 Å². The molecule has 0 fully saturated rings. The van der Waals surface area contributed by atoms with Crippen molar-refractivity contribution >= 4 is 34.9 Å². The van der Waals surface area contributed by atoms with Crippen LogP contribution in [0.25, 0.3) is 0 Å². The molecule has 3 aromatic carbocycles. The molecule has 2 N–H and O–H groups in total. The third-order valence-electron chi connectivity index (χ3n) is 6.46.